The second-order valence-corrected chi connectivity index (χ2v) is 14.5. The van der Waals surface area contributed by atoms with Gasteiger partial charge < -0.3 is 15.3 Å². The molecule has 0 spiro atoms. The Kier molecular flexibility index (Phi) is 7.48. The third-order valence-electron chi connectivity index (χ3n) is 12.8. The van der Waals surface area contributed by atoms with Gasteiger partial charge in [0.1, 0.15) is 0 Å². The zero-order valence-electron chi connectivity index (χ0n) is 24.3. The summed E-state index contributed by atoms with van der Waals surface area (Å²) >= 11 is 0. The van der Waals surface area contributed by atoms with Crippen LogP contribution in [0.15, 0.2) is 60.7 Å². The van der Waals surface area contributed by atoms with E-state index < -0.39 is 0 Å². The highest BCUT2D eigenvalue weighted by Crippen LogP contribution is 2.68. The lowest BCUT2D eigenvalue weighted by atomic mass is 9.43. The number of aliphatic hydroxyl groups excluding tert-OH is 3. The fourth-order valence-electron chi connectivity index (χ4n) is 10.7. The van der Waals surface area contributed by atoms with Crippen molar-refractivity contribution in [3.05, 3.63) is 71.8 Å². The van der Waals surface area contributed by atoms with Gasteiger partial charge in [-0.2, -0.15) is 0 Å². The fraction of sp³-hybridized carbons (Fsp3) is 0.667. The molecular formula is C36H50O3. The number of hydrogen-bond acceptors (Lipinski definition) is 3. The van der Waals surface area contributed by atoms with E-state index in [2.05, 4.69) is 81.4 Å². The Bertz CT molecular complexity index is 1060. The van der Waals surface area contributed by atoms with Gasteiger partial charge in [0, 0.05) is 5.92 Å². The van der Waals surface area contributed by atoms with Gasteiger partial charge in [0.05, 0.1) is 18.3 Å². The van der Waals surface area contributed by atoms with Gasteiger partial charge in [0.2, 0.25) is 0 Å². The highest BCUT2D eigenvalue weighted by Gasteiger charge is 2.65. The third-order valence-corrected chi connectivity index (χ3v) is 12.8. The predicted octanol–water partition coefficient (Wildman–Crippen LogP) is 7.20. The molecule has 6 rings (SSSR count). The Morgan fingerprint density at radius 3 is 2.05 bits per heavy atom. The zero-order valence-corrected chi connectivity index (χ0v) is 24.3. The smallest absolute Gasteiger partial charge is 0.0602 e. The molecular weight excluding hydrogens is 480 g/mol. The first-order chi connectivity index (χ1) is 18.7. The van der Waals surface area contributed by atoms with Crippen LogP contribution in [0.2, 0.25) is 0 Å². The van der Waals surface area contributed by atoms with Crippen LogP contribution in [0.1, 0.15) is 95.6 Å². The van der Waals surface area contributed by atoms with E-state index in [4.69, 9.17) is 0 Å². The van der Waals surface area contributed by atoms with Gasteiger partial charge in [-0.1, -0.05) is 81.4 Å². The lowest BCUT2D eigenvalue weighted by Gasteiger charge is -2.63. The van der Waals surface area contributed by atoms with E-state index in [0.29, 0.717) is 35.5 Å². The molecule has 4 fully saturated rings. The molecule has 3 nitrogen and oxygen atoms in total. The number of hydrogen-bond donors (Lipinski definition) is 3. The monoisotopic (exact) mass is 530 g/mol. The van der Waals surface area contributed by atoms with E-state index in [0.717, 1.165) is 57.8 Å². The molecule has 3 N–H and O–H groups in total. The highest BCUT2D eigenvalue weighted by molar-refractivity contribution is 5.32. The molecule has 4 aliphatic carbocycles. The summed E-state index contributed by atoms with van der Waals surface area (Å²) < 4.78 is 0. The molecule has 39 heavy (non-hydrogen) atoms. The summed E-state index contributed by atoms with van der Waals surface area (Å²) in [6.45, 7) is 7.23. The summed E-state index contributed by atoms with van der Waals surface area (Å²) in [6, 6.07) is 21.9. The van der Waals surface area contributed by atoms with Crippen molar-refractivity contribution in [2.45, 2.75) is 103 Å². The topological polar surface area (TPSA) is 60.7 Å². The minimum absolute atomic E-state index is 0.131. The highest BCUT2D eigenvalue weighted by atomic mass is 16.3. The SMILES string of the molecule is C[C@@H](CCC(c1ccccc1)c1ccccc1)[C@H]1CC[C@H]2[C@@H]3[C@H](O)C[C@H]4C[C@@H](O)CC[C@]4(C)[C@H]3C[C@H](O)[C@]12C. The number of rotatable bonds is 6. The molecule has 0 radical (unpaired) electrons. The van der Waals surface area contributed by atoms with Gasteiger partial charge in [0.15, 0.2) is 0 Å². The summed E-state index contributed by atoms with van der Waals surface area (Å²) in [7, 11) is 0. The molecule has 2 aromatic carbocycles. The number of fused-ring (bicyclic) bond motifs is 5. The van der Waals surface area contributed by atoms with Gasteiger partial charge in [0.25, 0.3) is 0 Å². The van der Waals surface area contributed by atoms with E-state index >= 15 is 0 Å². The number of aliphatic hydroxyl groups is 3. The largest absolute Gasteiger partial charge is 0.393 e. The van der Waals surface area contributed by atoms with E-state index in [1.54, 1.807) is 0 Å². The van der Waals surface area contributed by atoms with Gasteiger partial charge >= 0.3 is 0 Å². The molecule has 212 valence electrons. The summed E-state index contributed by atoms with van der Waals surface area (Å²) in [6.07, 6.45) is 8.07. The second kappa shape index (κ2) is 10.6. The van der Waals surface area contributed by atoms with Crippen molar-refractivity contribution < 1.29 is 15.3 Å². The Balaban J connectivity index is 1.21. The van der Waals surface area contributed by atoms with Crippen LogP contribution in [0, 0.1) is 46.3 Å². The third kappa shape index (κ3) is 4.61. The van der Waals surface area contributed by atoms with Crippen molar-refractivity contribution in [1.82, 2.24) is 0 Å². The van der Waals surface area contributed by atoms with Crippen LogP contribution >= 0.6 is 0 Å². The van der Waals surface area contributed by atoms with E-state index in [1.165, 1.54) is 11.1 Å². The van der Waals surface area contributed by atoms with Gasteiger partial charge in [-0.25, -0.2) is 0 Å². The van der Waals surface area contributed by atoms with Crippen LogP contribution in [-0.2, 0) is 0 Å². The minimum Gasteiger partial charge on any atom is -0.393 e. The normalized spacial score (nSPS) is 42.4. The van der Waals surface area contributed by atoms with Crippen LogP contribution in [-0.4, -0.2) is 33.6 Å². The van der Waals surface area contributed by atoms with Gasteiger partial charge in [-0.3, -0.25) is 0 Å². The van der Waals surface area contributed by atoms with Gasteiger partial charge in [-0.15, -0.1) is 0 Å². The maximum atomic E-state index is 11.9. The average Bonchev–Trinajstić information content (AvgIpc) is 3.30. The first kappa shape index (κ1) is 27.5. The first-order valence-corrected chi connectivity index (χ1v) is 15.9. The minimum atomic E-state index is -0.313. The molecule has 0 aromatic heterocycles. The second-order valence-electron chi connectivity index (χ2n) is 14.5. The van der Waals surface area contributed by atoms with Crippen LogP contribution in [0.3, 0.4) is 0 Å². The maximum Gasteiger partial charge on any atom is 0.0602 e. The zero-order chi connectivity index (χ0) is 27.4. The molecule has 2 aromatic rings. The predicted molar refractivity (Wildman–Crippen MR) is 157 cm³/mol. The van der Waals surface area contributed by atoms with Crippen molar-refractivity contribution in [1.29, 1.82) is 0 Å². The fourth-order valence-corrected chi connectivity index (χ4v) is 10.7. The van der Waals surface area contributed by atoms with Crippen LogP contribution < -0.4 is 0 Å². The van der Waals surface area contributed by atoms with Crippen LogP contribution in [0.25, 0.3) is 0 Å². The summed E-state index contributed by atoms with van der Waals surface area (Å²) in [5.41, 5.74) is 2.78. The molecule has 0 aliphatic heterocycles. The molecule has 0 bridgehead atoms. The first-order valence-electron chi connectivity index (χ1n) is 15.9. The molecule has 0 unspecified atom stereocenters. The Morgan fingerprint density at radius 1 is 0.769 bits per heavy atom. The van der Waals surface area contributed by atoms with Gasteiger partial charge in [-0.05, 0) is 115 Å². The van der Waals surface area contributed by atoms with Crippen molar-refractivity contribution in [2.75, 3.05) is 0 Å². The molecule has 4 saturated carbocycles. The molecule has 0 saturated heterocycles. The van der Waals surface area contributed by atoms with Crippen molar-refractivity contribution in [2.24, 2.45) is 46.3 Å². The van der Waals surface area contributed by atoms with Crippen molar-refractivity contribution >= 4 is 0 Å². The number of benzene rings is 2. The molecule has 3 heteroatoms. The molecule has 11 atom stereocenters. The maximum absolute atomic E-state index is 11.9. The lowest BCUT2D eigenvalue weighted by Crippen LogP contribution is -2.62. The molecule has 0 amide bonds. The molecule has 0 heterocycles. The summed E-state index contributed by atoms with van der Waals surface area (Å²) in [4.78, 5) is 0. The Labute approximate surface area is 236 Å². The van der Waals surface area contributed by atoms with Crippen molar-refractivity contribution in [3.8, 4) is 0 Å². The van der Waals surface area contributed by atoms with Crippen molar-refractivity contribution in [3.63, 3.8) is 0 Å². The van der Waals surface area contributed by atoms with Crippen LogP contribution in [0.4, 0.5) is 0 Å². The van der Waals surface area contributed by atoms with E-state index in [1.807, 2.05) is 0 Å². The Hall–Kier alpha value is -1.68. The lowest BCUT2D eigenvalue weighted by molar-refractivity contribution is -0.207. The summed E-state index contributed by atoms with van der Waals surface area (Å²) in [5, 5.41) is 33.9. The van der Waals surface area contributed by atoms with Crippen LogP contribution in [0.5, 0.6) is 0 Å². The summed E-state index contributed by atoms with van der Waals surface area (Å²) in [5.74, 6) is 2.80. The standard InChI is InChI=1S/C36H50O3/c1-23(14-15-28(24-10-6-4-7-11-24)25-12-8-5-9-13-25)29-16-17-30-34-31(22-33(39)36(29,30)3)35(2)19-18-27(37)20-26(35)21-32(34)38/h4-13,23,26-34,37-39H,14-22H2,1-3H3/t23-,26+,27-,29+,30-,31-,32+,33-,34-,35-,36+/m0/s1. The quantitative estimate of drug-likeness (QED) is 0.370. The van der Waals surface area contributed by atoms with E-state index in [9.17, 15) is 15.3 Å². The Morgan fingerprint density at radius 2 is 1.41 bits per heavy atom. The van der Waals surface area contributed by atoms with E-state index in [-0.39, 0.29) is 35.1 Å². The average molecular weight is 531 g/mol. The molecule has 4 aliphatic rings.